The van der Waals surface area contributed by atoms with E-state index in [9.17, 15) is 15.3 Å². The Labute approximate surface area is 172 Å². The van der Waals surface area contributed by atoms with Gasteiger partial charge in [0.25, 0.3) is 0 Å². The average molecular weight is 417 g/mol. The Morgan fingerprint density at radius 3 is 2.68 bits per heavy atom. The quantitative estimate of drug-likeness (QED) is 0.591. The van der Waals surface area contributed by atoms with Crippen LogP contribution in [0.4, 0.5) is 0 Å². The summed E-state index contributed by atoms with van der Waals surface area (Å²) in [5, 5.41) is 31.2. The monoisotopic (exact) mass is 416 g/mol. The van der Waals surface area contributed by atoms with Crippen LogP contribution in [0.5, 0.6) is 5.75 Å². The first-order chi connectivity index (χ1) is 13.6. The van der Waals surface area contributed by atoms with Gasteiger partial charge >= 0.3 is 0 Å². The standard InChI is InChI=1S/C22H24O4S2/c1-26-19-7-6-14(22-21(25)18(24)11-17(12-23)28-22)8-15(19)10-16-9-13-4-2-3-5-20(13)27-16/h2-9,17-18,21-25H,10-12H2,1H3/t17-,18-,21+,22-/m0/s1. The molecule has 1 aliphatic rings. The Hall–Kier alpha value is -1.57. The molecule has 4 atom stereocenters. The van der Waals surface area contributed by atoms with E-state index in [-0.39, 0.29) is 17.1 Å². The molecule has 28 heavy (non-hydrogen) atoms. The summed E-state index contributed by atoms with van der Waals surface area (Å²) in [5.41, 5.74) is 2.01. The van der Waals surface area contributed by atoms with Crippen LogP contribution in [0.2, 0.25) is 0 Å². The lowest BCUT2D eigenvalue weighted by atomic mass is 9.96. The van der Waals surface area contributed by atoms with Gasteiger partial charge in [0.05, 0.1) is 31.2 Å². The van der Waals surface area contributed by atoms with Crippen LogP contribution < -0.4 is 4.74 Å². The molecule has 1 fully saturated rings. The van der Waals surface area contributed by atoms with Crippen molar-refractivity contribution in [2.45, 2.75) is 35.5 Å². The molecule has 2 heterocycles. The second-order valence-corrected chi connectivity index (χ2v) is 9.77. The fourth-order valence-corrected chi connectivity index (χ4v) is 6.32. The molecule has 1 aliphatic heterocycles. The molecule has 0 bridgehead atoms. The van der Waals surface area contributed by atoms with Crippen molar-refractivity contribution in [2.24, 2.45) is 0 Å². The fraction of sp³-hybridized carbons (Fsp3) is 0.364. The van der Waals surface area contributed by atoms with Crippen molar-refractivity contribution in [1.29, 1.82) is 0 Å². The molecule has 0 unspecified atom stereocenters. The molecule has 1 aromatic heterocycles. The zero-order chi connectivity index (χ0) is 19.7. The second-order valence-electron chi connectivity index (χ2n) is 7.15. The summed E-state index contributed by atoms with van der Waals surface area (Å²) < 4.78 is 6.83. The number of thiophene rings is 1. The van der Waals surface area contributed by atoms with Gasteiger partial charge in [-0.1, -0.05) is 30.3 Å². The van der Waals surface area contributed by atoms with E-state index in [1.165, 1.54) is 26.7 Å². The number of ether oxygens (including phenoxy) is 1. The second kappa shape index (κ2) is 8.43. The fourth-order valence-electron chi connectivity index (χ4n) is 3.77. The van der Waals surface area contributed by atoms with Gasteiger partial charge in [0.1, 0.15) is 5.75 Å². The normalized spacial score (nSPS) is 25.1. The van der Waals surface area contributed by atoms with E-state index < -0.39 is 12.2 Å². The van der Waals surface area contributed by atoms with Gasteiger partial charge in [0, 0.05) is 21.2 Å². The third-order valence-corrected chi connectivity index (χ3v) is 7.91. The van der Waals surface area contributed by atoms with Crippen LogP contribution in [0.1, 0.15) is 27.7 Å². The number of rotatable bonds is 5. The van der Waals surface area contributed by atoms with E-state index in [0.717, 1.165) is 23.3 Å². The lowest BCUT2D eigenvalue weighted by Gasteiger charge is -2.36. The third kappa shape index (κ3) is 3.93. The maximum Gasteiger partial charge on any atom is 0.122 e. The molecule has 3 N–H and O–H groups in total. The Kier molecular flexibility index (Phi) is 5.94. The van der Waals surface area contributed by atoms with Crippen molar-refractivity contribution in [3.05, 3.63) is 64.5 Å². The first kappa shape index (κ1) is 19.7. The first-order valence-corrected chi connectivity index (χ1v) is 11.1. The third-order valence-electron chi connectivity index (χ3n) is 5.23. The predicted molar refractivity (Wildman–Crippen MR) is 115 cm³/mol. The number of aliphatic hydroxyl groups is 3. The highest BCUT2D eigenvalue weighted by molar-refractivity contribution is 8.00. The van der Waals surface area contributed by atoms with Crippen molar-refractivity contribution in [2.75, 3.05) is 13.7 Å². The van der Waals surface area contributed by atoms with E-state index >= 15 is 0 Å². The molecule has 0 radical (unpaired) electrons. The van der Waals surface area contributed by atoms with Gasteiger partial charge in [0.2, 0.25) is 0 Å². The lowest BCUT2D eigenvalue weighted by molar-refractivity contribution is 0.00525. The number of fused-ring (bicyclic) bond motifs is 1. The van der Waals surface area contributed by atoms with Crippen molar-refractivity contribution in [1.82, 2.24) is 0 Å². The minimum atomic E-state index is -0.849. The highest BCUT2D eigenvalue weighted by Crippen LogP contribution is 2.44. The largest absolute Gasteiger partial charge is 0.496 e. The molecule has 2 aromatic carbocycles. The Morgan fingerprint density at radius 1 is 1.11 bits per heavy atom. The molecule has 4 rings (SSSR count). The summed E-state index contributed by atoms with van der Waals surface area (Å²) in [6.07, 6.45) is -0.519. The van der Waals surface area contributed by atoms with Crippen LogP contribution >= 0.6 is 23.1 Å². The first-order valence-electron chi connectivity index (χ1n) is 9.35. The summed E-state index contributed by atoms with van der Waals surface area (Å²) in [6, 6.07) is 16.5. The molecule has 6 heteroatoms. The van der Waals surface area contributed by atoms with Crippen LogP contribution in [0, 0.1) is 0 Å². The summed E-state index contributed by atoms with van der Waals surface area (Å²) in [5.74, 6) is 0.816. The zero-order valence-corrected chi connectivity index (χ0v) is 17.2. The summed E-state index contributed by atoms with van der Waals surface area (Å²) in [4.78, 5) is 1.25. The Balaban J connectivity index is 1.65. The molecular formula is C22H24O4S2. The van der Waals surface area contributed by atoms with E-state index in [1.807, 2.05) is 24.3 Å². The van der Waals surface area contributed by atoms with Gasteiger partial charge in [-0.05, 0) is 41.1 Å². The topological polar surface area (TPSA) is 69.9 Å². The SMILES string of the molecule is COc1ccc([C@@H]2S[C@H](CO)C[C@H](O)[C@H]2O)cc1Cc1cc2ccccc2s1. The van der Waals surface area contributed by atoms with E-state index in [2.05, 4.69) is 24.3 Å². The molecule has 3 aromatic rings. The zero-order valence-electron chi connectivity index (χ0n) is 15.6. The summed E-state index contributed by atoms with van der Waals surface area (Å²) >= 11 is 3.30. The van der Waals surface area contributed by atoms with Crippen LogP contribution in [-0.2, 0) is 6.42 Å². The number of methoxy groups -OCH3 is 1. The van der Waals surface area contributed by atoms with Crippen molar-refractivity contribution >= 4 is 33.2 Å². The number of hydrogen-bond acceptors (Lipinski definition) is 6. The molecular weight excluding hydrogens is 392 g/mol. The maximum atomic E-state index is 10.5. The van der Waals surface area contributed by atoms with Gasteiger partial charge in [0.15, 0.2) is 0 Å². The van der Waals surface area contributed by atoms with E-state index in [0.29, 0.717) is 6.42 Å². The minimum Gasteiger partial charge on any atom is -0.496 e. The van der Waals surface area contributed by atoms with Crippen LogP contribution in [0.3, 0.4) is 0 Å². The summed E-state index contributed by atoms with van der Waals surface area (Å²) in [6.45, 7) is -0.00422. The molecule has 0 spiro atoms. The van der Waals surface area contributed by atoms with Crippen LogP contribution in [-0.4, -0.2) is 46.5 Å². The van der Waals surface area contributed by atoms with Gasteiger partial charge in [-0.15, -0.1) is 23.1 Å². The molecule has 1 saturated heterocycles. The number of aliphatic hydroxyl groups excluding tert-OH is 3. The molecule has 4 nitrogen and oxygen atoms in total. The molecule has 148 valence electrons. The Morgan fingerprint density at radius 2 is 1.93 bits per heavy atom. The predicted octanol–water partition coefficient (Wildman–Crippen LogP) is 3.76. The van der Waals surface area contributed by atoms with Crippen molar-refractivity contribution < 1.29 is 20.1 Å². The van der Waals surface area contributed by atoms with Gasteiger partial charge in [-0.25, -0.2) is 0 Å². The van der Waals surface area contributed by atoms with Crippen molar-refractivity contribution in [3.63, 3.8) is 0 Å². The van der Waals surface area contributed by atoms with Gasteiger partial charge in [-0.3, -0.25) is 0 Å². The van der Waals surface area contributed by atoms with Crippen LogP contribution in [0.15, 0.2) is 48.5 Å². The highest BCUT2D eigenvalue weighted by Gasteiger charge is 2.37. The highest BCUT2D eigenvalue weighted by atomic mass is 32.2. The lowest BCUT2D eigenvalue weighted by Crippen LogP contribution is -2.39. The van der Waals surface area contributed by atoms with Gasteiger partial charge in [-0.2, -0.15) is 0 Å². The average Bonchev–Trinajstić information content (AvgIpc) is 3.12. The smallest absolute Gasteiger partial charge is 0.122 e. The molecule has 0 amide bonds. The minimum absolute atomic E-state index is 0.00422. The van der Waals surface area contributed by atoms with E-state index in [4.69, 9.17) is 4.74 Å². The summed E-state index contributed by atoms with van der Waals surface area (Å²) in [7, 11) is 1.67. The number of benzene rings is 2. The Bertz CT molecular complexity index is 922. The van der Waals surface area contributed by atoms with Crippen molar-refractivity contribution in [3.8, 4) is 5.75 Å². The molecule has 0 aliphatic carbocycles. The van der Waals surface area contributed by atoms with E-state index in [1.54, 1.807) is 18.4 Å². The van der Waals surface area contributed by atoms with Crippen LogP contribution in [0.25, 0.3) is 10.1 Å². The molecule has 0 saturated carbocycles. The number of thioether (sulfide) groups is 1. The van der Waals surface area contributed by atoms with Gasteiger partial charge < -0.3 is 20.1 Å². The number of hydrogen-bond donors (Lipinski definition) is 3. The maximum absolute atomic E-state index is 10.5.